The molecule has 1 aromatic carbocycles. The third-order valence-electron chi connectivity index (χ3n) is 5.73. The highest BCUT2D eigenvalue weighted by atomic mass is 16.6. The number of hydrogen-bond acceptors (Lipinski definition) is 8. The molecule has 1 aromatic heterocycles. The number of nitrogens with zero attached hydrogens (tertiary/aromatic N) is 4. The van der Waals surface area contributed by atoms with E-state index in [4.69, 9.17) is 14.2 Å². The van der Waals surface area contributed by atoms with Crippen molar-refractivity contribution in [3.05, 3.63) is 23.9 Å². The van der Waals surface area contributed by atoms with Crippen LogP contribution in [0, 0.1) is 0 Å². The van der Waals surface area contributed by atoms with Crippen molar-refractivity contribution >= 4 is 28.7 Å². The Morgan fingerprint density at radius 2 is 1.87 bits per heavy atom. The summed E-state index contributed by atoms with van der Waals surface area (Å²) in [4.78, 5) is 37.8. The molecule has 2 heterocycles. The minimum Gasteiger partial charge on any atom is -0.467 e. The van der Waals surface area contributed by atoms with Crippen LogP contribution in [0.5, 0.6) is 6.01 Å². The van der Waals surface area contributed by atoms with Crippen molar-refractivity contribution in [3.63, 3.8) is 0 Å². The first-order chi connectivity index (χ1) is 14.7. The van der Waals surface area contributed by atoms with Crippen LogP contribution in [0.15, 0.2) is 18.3 Å². The Labute approximate surface area is 181 Å². The Morgan fingerprint density at radius 1 is 1.13 bits per heavy atom. The van der Waals surface area contributed by atoms with Crippen LogP contribution < -0.4 is 9.64 Å². The van der Waals surface area contributed by atoms with Gasteiger partial charge in [0, 0.05) is 36.9 Å². The van der Waals surface area contributed by atoms with Crippen molar-refractivity contribution in [1.29, 1.82) is 0 Å². The zero-order chi connectivity index (χ0) is 22.4. The predicted octanol–water partition coefficient (Wildman–Crippen LogP) is 3.01. The van der Waals surface area contributed by atoms with Gasteiger partial charge in [0.15, 0.2) is 0 Å². The lowest BCUT2D eigenvalue weighted by atomic mass is 10.1. The maximum atomic E-state index is 12.7. The Balaban J connectivity index is 1.66. The number of hydrogen-bond donors (Lipinski definition) is 0. The number of fused-ring (bicyclic) bond motifs is 1. The number of carbonyl (C=O) groups is 2. The molecule has 9 nitrogen and oxygen atoms in total. The second-order valence-corrected chi connectivity index (χ2v) is 9.02. The van der Waals surface area contributed by atoms with Gasteiger partial charge in [0.1, 0.15) is 5.60 Å². The van der Waals surface area contributed by atoms with Crippen LogP contribution in [-0.4, -0.2) is 71.9 Å². The van der Waals surface area contributed by atoms with Gasteiger partial charge < -0.3 is 19.1 Å². The van der Waals surface area contributed by atoms with Crippen LogP contribution in [0.3, 0.4) is 0 Å². The molecule has 4 rings (SSSR count). The fourth-order valence-electron chi connectivity index (χ4n) is 4.10. The third-order valence-corrected chi connectivity index (χ3v) is 5.73. The fourth-order valence-corrected chi connectivity index (χ4v) is 4.10. The molecular weight excluding hydrogens is 400 g/mol. The average molecular weight is 428 g/mol. The number of amides is 1. The molecule has 9 heteroatoms. The van der Waals surface area contributed by atoms with Gasteiger partial charge in [0.05, 0.1) is 30.8 Å². The molecule has 1 saturated carbocycles. The molecule has 1 amide bonds. The molecule has 1 saturated heterocycles. The predicted molar refractivity (Wildman–Crippen MR) is 115 cm³/mol. The van der Waals surface area contributed by atoms with E-state index < -0.39 is 11.6 Å². The van der Waals surface area contributed by atoms with Crippen molar-refractivity contribution in [2.24, 2.45) is 0 Å². The smallest absolute Gasteiger partial charge is 0.410 e. The molecule has 0 unspecified atom stereocenters. The number of carbonyl (C=O) groups excluding carboxylic acids is 2. The van der Waals surface area contributed by atoms with Crippen molar-refractivity contribution in [3.8, 4) is 6.01 Å². The number of methoxy groups -OCH3 is 2. The molecule has 1 spiro atoms. The summed E-state index contributed by atoms with van der Waals surface area (Å²) in [6.45, 7) is 7.52. The Hall–Kier alpha value is -3.10. The van der Waals surface area contributed by atoms with E-state index in [0.29, 0.717) is 30.7 Å². The summed E-state index contributed by atoms with van der Waals surface area (Å²) in [5.74, 6) is -0.467. The Morgan fingerprint density at radius 3 is 2.48 bits per heavy atom. The van der Waals surface area contributed by atoms with Gasteiger partial charge in [-0.2, -0.15) is 4.98 Å². The van der Waals surface area contributed by atoms with Gasteiger partial charge in [-0.25, -0.2) is 14.6 Å². The van der Waals surface area contributed by atoms with Crippen molar-refractivity contribution in [2.45, 2.75) is 44.8 Å². The van der Waals surface area contributed by atoms with Gasteiger partial charge in [-0.05, 0) is 45.7 Å². The lowest BCUT2D eigenvalue weighted by molar-refractivity contribution is 0.0106. The molecule has 1 aliphatic carbocycles. The average Bonchev–Trinajstić information content (AvgIpc) is 3.49. The van der Waals surface area contributed by atoms with Crippen molar-refractivity contribution in [2.75, 3.05) is 38.8 Å². The number of benzene rings is 1. The van der Waals surface area contributed by atoms with Gasteiger partial charge in [0.25, 0.3) is 0 Å². The Bertz CT molecular complexity index is 1030. The number of rotatable bonds is 3. The molecule has 0 N–H and O–H groups in total. The summed E-state index contributed by atoms with van der Waals surface area (Å²) in [7, 11) is 2.82. The normalized spacial score (nSPS) is 17.6. The van der Waals surface area contributed by atoms with E-state index in [-0.39, 0.29) is 17.6 Å². The highest BCUT2D eigenvalue weighted by Crippen LogP contribution is 2.46. The largest absolute Gasteiger partial charge is 0.467 e. The number of ether oxygens (including phenoxy) is 3. The van der Waals surface area contributed by atoms with Crippen LogP contribution >= 0.6 is 0 Å². The number of esters is 1. The first-order valence-corrected chi connectivity index (χ1v) is 10.3. The third kappa shape index (κ3) is 3.96. The quantitative estimate of drug-likeness (QED) is 0.689. The van der Waals surface area contributed by atoms with Gasteiger partial charge in [-0.1, -0.05) is 0 Å². The standard InChI is InChI=1S/C22H28N4O5/c1-21(2,3)31-20(28)26-11-10-25(13-22(26)8-9-22)16-7-6-14(18(27)29-4)17-15(16)12-23-19(24-17)30-5/h6-7,12H,8-11,13H2,1-5H3. The SMILES string of the molecule is COC(=O)c1ccc(N2CCN(C(=O)OC(C)(C)C)C3(CC3)C2)c2cnc(OC)nc12. The van der Waals surface area contributed by atoms with E-state index in [2.05, 4.69) is 14.9 Å². The van der Waals surface area contributed by atoms with E-state index in [1.807, 2.05) is 31.7 Å². The lowest BCUT2D eigenvalue weighted by Crippen LogP contribution is -2.58. The zero-order valence-corrected chi connectivity index (χ0v) is 18.6. The van der Waals surface area contributed by atoms with Crippen LogP contribution in [0.25, 0.3) is 10.9 Å². The molecule has 31 heavy (non-hydrogen) atoms. The van der Waals surface area contributed by atoms with Gasteiger partial charge in [-0.15, -0.1) is 0 Å². The van der Waals surface area contributed by atoms with E-state index in [0.717, 1.165) is 23.9 Å². The Kier molecular flexibility index (Phi) is 5.15. The highest BCUT2D eigenvalue weighted by Gasteiger charge is 2.54. The summed E-state index contributed by atoms with van der Waals surface area (Å²) in [5, 5.41) is 0.741. The second-order valence-electron chi connectivity index (χ2n) is 9.02. The number of anilines is 1. The van der Waals surface area contributed by atoms with E-state index in [1.165, 1.54) is 14.2 Å². The van der Waals surface area contributed by atoms with Gasteiger partial charge >= 0.3 is 18.1 Å². The molecule has 1 aliphatic heterocycles. The van der Waals surface area contributed by atoms with E-state index in [1.54, 1.807) is 12.3 Å². The number of piperazine rings is 1. The first kappa shape index (κ1) is 21.1. The summed E-state index contributed by atoms with van der Waals surface area (Å²) in [6, 6.07) is 3.79. The maximum Gasteiger partial charge on any atom is 0.410 e. The van der Waals surface area contributed by atoms with E-state index >= 15 is 0 Å². The minimum atomic E-state index is -0.527. The first-order valence-electron chi connectivity index (χ1n) is 10.3. The molecule has 2 fully saturated rings. The fraction of sp³-hybridized carbons (Fsp3) is 0.545. The molecule has 2 aromatic rings. The van der Waals surface area contributed by atoms with Crippen LogP contribution in [-0.2, 0) is 9.47 Å². The number of aromatic nitrogens is 2. The van der Waals surface area contributed by atoms with Crippen molar-refractivity contribution in [1.82, 2.24) is 14.9 Å². The van der Waals surface area contributed by atoms with Crippen LogP contribution in [0.4, 0.5) is 10.5 Å². The van der Waals surface area contributed by atoms with Crippen LogP contribution in [0.2, 0.25) is 0 Å². The lowest BCUT2D eigenvalue weighted by Gasteiger charge is -2.43. The topological polar surface area (TPSA) is 94.1 Å². The summed E-state index contributed by atoms with van der Waals surface area (Å²) in [6.07, 6.45) is 3.28. The van der Waals surface area contributed by atoms with Gasteiger partial charge in [-0.3, -0.25) is 4.90 Å². The summed E-state index contributed by atoms with van der Waals surface area (Å²) in [5.41, 5.74) is 1.01. The van der Waals surface area contributed by atoms with Gasteiger partial charge in [0.2, 0.25) is 0 Å². The van der Waals surface area contributed by atoms with Crippen LogP contribution in [0.1, 0.15) is 44.0 Å². The molecule has 166 valence electrons. The molecule has 0 bridgehead atoms. The van der Waals surface area contributed by atoms with E-state index in [9.17, 15) is 9.59 Å². The second kappa shape index (κ2) is 7.55. The maximum absolute atomic E-state index is 12.7. The van der Waals surface area contributed by atoms with Crippen molar-refractivity contribution < 1.29 is 23.8 Å². The minimum absolute atomic E-state index is 0.184. The molecular formula is C22H28N4O5. The summed E-state index contributed by atoms with van der Waals surface area (Å²) >= 11 is 0. The highest BCUT2D eigenvalue weighted by molar-refractivity contribution is 6.06. The molecule has 0 radical (unpaired) electrons. The summed E-state index contributed by atoms with van der Waals surface area (Å²) < 4.78 is 15.7. The zero-order valence-electron chi connectivity index (χ0n) is 18.6. The monoisotopic (exact) mass is 428 g/mol. The molecule has 2 aliphatic rings. The molecule has 0 atom stereocenters.